The summed E-state index contributed by atoms with van der Waals surface area (Å²) < 4.78 is 5.19. The maximum Gasteiger partial charge on any atom is 0.254 e. The topological polar surface area (TPSA) is 61.8 Å². The van der Waals surface area contributed by atoms with E-state index in [1.54, 1.807) is 31.6 Å². The molecule has 1 aromatic heterocycles. The van der Waals surface area contributed by atoms with Crippen LogP contribution in [0.5, 0.6) is 5.75 Å². The van der Waals surface area contributed by atoms with E-state index in [1.807, 2.05) is 4.90 Å². The van der Waals surface area contributed by atoms with Gasteiger partial charge in [-0.3, -0.25) is 9.69 Å². The molecule has 0 bridgehead atoms. The summed E-state index contributed by atoms with van der Waals surface area (Å²) in [6, 6.07) is 5.79. The Labute approximate surface area is 195 Å². The summed E-state index contributed by atoms with van der Waals surface area (Å²) >= 11 is 6.22. The number of carbonyl (C=O) groups is 1. The molecule has 172 valence electrons. The largest absolute Gasteiger partial charge is 0.495 e. The molecule has 1 unspecified atom stereocenters. The van der Waals surface area contributed by atoms with Crippen LogP contribution < -0.4 is 9.64 Å². The van der Waals surface area contributed by atoms with Gasteiger partial charge in [0.15, 0.2) is 0 Å². The fourth-order valence-electron chi connectivity index (χ4n) is 4.74. The van der Waals surface area contributed by atoms with Gasteiger partial charge in [0.1, 0.15) is 17.9 Å². The first-order valence-corrected chi connectivity index (χ1v) is 11.8. The SMILES string of the molecule is CCCC(C)N1CCN(c2ncnc3c2CCN(C(=O)c2ccc(OC)c(Cl)c2)C3)CC1. The highest BCUT2D eigenvalue weighted by Gasteiger charge is 2.29. The minimum absolute atomic E-state index is 0.0427. The molecule has 0 radical (unpaired) electrons. The molecular weight excluding hydrogens is 426 g/mol. The van der Waals surface area contributed by atoms with E-state index in [1.165, 1.54) is 18.4 Å². The van der Waals surface area contributed by atoms with Gasteiger partial charge < -0.3 is 14.5 Å². The van der Waals surface area contributed by atoms with E-state index in [-0.39, 0.29) is 5.91 Å². The van der Waals surface area contributed by atoms with E-state index < -0.39 is 0 Å². The average Bonchev–Trinajstić information content (AvgIpc) is 2.83. The number of piperazine rings is 1. The fourth-order valence-corrected chi connectivity index (χ4v) is 5.00. The van der Waals surface area contributed by atoms with Gasteiger partial charge in [-0.2, -0.15) is 0 Å². The van der Waals surface area contributed by atoms with Gasteiger partial charge in [-0.25, -0.2) is 9.97 Å². The third-order valence-corrected chi connectivity index (χ3v) is 6.91. The zero-order valence-corrected chi connectivity index (χ0v) is 19.9. The summed E-state index contributed by atoms with van der Waals surface area (Å²) in [6.45, 7) is 9.77. The second kappa shape index (κ2) is 10.0. The Bertz CT molecular complexity index is 961. The van der Waals surface area contributed by atoms with Crippen molar-refractivity contribution in [1.82, 2.24) is 19.8 Å². The highest BCUT2D eigenvalue weighted by atomic mass is 35.5. The zero-order valence-electron chi connectivity index (χ0n) is 19.2. The molecule has 1 fully saturated rings. The molecule has 2 aliphatic heterocycles. The van der Waals surface area contributed by atoms with Crippen molar-refractivity contribution in [2.45, 2.75) is 45.7 Å². The molecule has 2 aromatic rings. The van der Waals surface area contributed by atoms with Crippen LogP contribution in [0.3, 0.4) is 0 Å². The van der Waals surface area contributed by atoms with Crippen molar-refractivity contribution in [2.75, 3.05) is 44.7 Å². The van der Waals surface area contributed by atoms with E-state index in [0.717, 1.165) is 44.1 Å². The van der Waals surface area contributed by atoms with E-state index in [2.05, 4.69) is 33.6 Å². The van der Waals surface area contributed by atoms with Crippen molar-refractivity contribution in [1.29, 1.82) is 0 Å². The molecule has 4 rings (SSSR count). The average molecular weight is 458 g/mol. The molecule has 3 heterocycles. The Balaban J connectivity index is 1.45. The lowest BCUT2D eigenvalue weighted by Crippen LogP contribution is -2.50. The van der Waals surface area contributed by atoms with Crippen LogP contribution in [0, 0.1) is 0 Å². The molecule has 8 heteroatoms. The van der Waals surface area contributed by atoms with Gasteiger partial charge in [-0.05, 0) is 38.0 Å². The number of halogens is 1. The molecule has 0 spiro atoms. The summed E-state index contributed by atoms with van der Waals surface area (Å²) in [5.74, 6) is 1.56. The molecule has 1 atom stereocenters. The number of hydrogen-bond donors (Lipinski definition) is 0. The maximum absolute atomic E-state index is 13.1. The first kappa shape index (κ1) is 22.8. The number of nitrogens with zero attached hydrogens (tertiary/aromatic N) is 5. The van der Waals surface area contributed by atoms with E-state index in [0.29, 0.717) is 35.5 Å². The zero-order chi connectivity index (χ0) is 22.7. The van der Waals surface area contributed by atoms with Crippen molar-refractivity contribution >= 4 is 23.3 Å². The monoisotopic (exact) mass is 457 g/mol. The minimum Gasteiger partial charge on any atom is -0.495 e. The highest BCUT2D eigenvalue weighted by Crippen LogP contribution is 2.29. The predicted molar refractivity (Wildman–Crippen MR) is 127 cm³/mol. The summed E-state index contributed by atoms with van der Waals surface area (Å²) in [4.78, 5) is 29.0. The van der Waals surface area contributed by atoms with Crippen molar-refractivity contribution in [3.8, 4) is 5.75 Å². The van der Waals surface area contributed by atoms with Crippen LogP contribution in [0.25, 0.3) is 0 Å². The Kier molecular flexibility index (Phi) is 7.16. The lowest BCUT2D eigenvalue weighted by atomic mass is 10.0. The number of benzene rings is 1. The molecule has 0 aliphatic carbocycles. The number of hydrogen-bond acceptors (Lipinski definition) is 6. The molecule has 1 saturated heterocycles. The van der Waals surface area contributed by atoms with Gasteiger partial charge in [-0.1, -0.05) is 24.9 Å². The molecule has 7 nitrogen and oxygen atoms in total. The Morgan fingerprint density at radius 1 is 1.19 bits per heavy atom. The van der Waals surface area contributed by atoms with Crippen LogP contribution in [0.1, 0.15) is 48.3 Å². The van der Waals surface area contributed by atoms with Gasteiger partial charge in [0.05, 0.1) is 24.4 Å². The number of carbonyl (C=O) groups excluding carboxylic acids is 1. The van der Waals surface area contributed by atoms with Crippen molar-refractivity contribution in [3.05, 3.63) is 46.4 Å². The van der Waals surface area contributed by atoms with E-state index >= 15 is 0 Å². The van der Waals surface area contributed by atoms with Gasteiger partial charge >= 0.3 is 0 Å². The van der Waals surface area contributed by atoms with Crippen LogP contribution >= 0.6 is 11.6 Å². The van der Waals surface area contributed by atoms with Crippen LogP contribution in [-0.2, 0) is 13.0 Å². The molecule has 1 aromatic carbocycles. The number of fused-ring (bicyclic) bond motifs is 1. The second-order valence-electron chi connectivity index (χ2n) is 8.61. The summed E-state index contributed by atoms with van der Waals surface area (Å²) in [5, 5.41) is 0.438. The summed E-state index contributed by atoms with van der Waals surface area (Å²) in [5.41, 5.74) is 2.68. The normalized spacial score (nSPS) is 17.8. The van der Waals surface area contributed by atoms with Crippen LogP contribution in [0.4, 0.5) is 5.82 Å². The van der Waals surface area contributed by atoms with E-state index in [9.17, 15) is 4.79 Å². The first-order valence-electron chi connectivity index (χ1n) is 11.5. The van der Waals surface area contributed by atoms with E-state index in [4.69, 9.17) is 16.3 Å². The highest BCUT2D eigenvalue weighted by molar-refractivity contribution is 6.32. The van der Waals surface area contributed by atoms with Crippen molar-refractivity contribution in [2.24, 2.45) is 0 Å². The Hall–Kier alpha value is -2.38. The number of amides is 1. The Morgan fingerprint density at radius 3 is 2.66 bits per heavy atom. The molecule has 2 aliphatic rings. The molecule has 0 N–H and O–H groups in total. The van der Waals surface area contributed by atoms with Gasteiger partial charge in [0.2, 0.25) is 0 Å². The Morgan fingerprint density at radius 2 is 1.97 bits per heavy atom. The summed E-state index contributed by atoms with van der Waals surface area (Å²) in [7, 11) is 1.56. The summed E-state index contributed by atoms with van der Waals surface area (Å²) in [6.07, 6.45) is 4.86. The number of anilines is 1. The lowest BCUT2D eigenvalue weighted by molar-refractivity contribution is 0.0731. The smallest absolute Gasteiger partial charge is 0.254 e. The third kappa shape index (κ3) is 4.69. The minimum atomic E-state index is -0.0427. The predicted octanol–water partition coefficient (Wildman–Crippen LogP) is 3.65. The number of ether oxygens (including phenoxy) is 1. The van der Waals surface area contributed by atoms with Gasteiger partial charge in [0, 0.05) is 49.9 Å². The van der Waals surface area contributed by atoms with Crippen molar-refractivity contribution < 1.29 is 9.53 Å². The van der Waals surface area contributed by atoms with Crippen molar-refractivity contribution in [3.63, 3.8) is 0 Å². The fraction of sp³-hybridized carbons (Fsp3) is 0.542. The standard InChI is InChI=1S/C24H32ClN5O2/c1-4-5-17(2)28-10-12-29(13-11-28)23-19-8-9-30(15-21(19)26-16-27-23)24(31)18-6-7-22(32-3)20(25)14-18/h6-7,14,16-17H,4-5,8-13,15H2,1-3H3. The number of rotatable bonds is 6. The molecular formula is C24H32ClN5O2. The molecule has 1 amide bonds. The second-order valence-corrected chi connectivity index (χ2v) is 9.02. The maximum atomic E-state index is 13.1. The van der Waals surface area contributed by atoms with Crippen LogP contribution in [0.2, 0.25) is 5.02 Å². The number of methoxy groups -OCH3 is 1. The van der Waals surface area contributed by atoms with Gasteiger partial charge in [0.25, 0.3) is 5.91 Å². The van der Waals surface area contributed by atoms with Crippen LogP contribution in [0.15, 0.2) is 24.5 Å². The van der Waals surface area contributed by atoms with Crippen LogP contribution in [-0.4, -0.2) is 71.6 Å². The molecule has 32 heavy (non-hydrogen) atoms. The lowest BCUT2D eigenvalue weighted by Gasteiger charge is -2.40. The number of aromatic nitrogens is 2. The quantitative estimate of drug-likeness (QED) is 0.659. The third-order valence-electron chi connectivity index (χ3n) is 6.61. The molecule has 0 saturated carbocycles. The first-order chi connectivity index (χ1) is 15.5. The van der Waals surface area contributed by atoms with Gasteiger partial charge in [-0.15, -0.1) is 0 Å².